The van der Waals surface area contributed by atoms with Crippen LogP contribution in [0.2, 0.25) is 0 Å². The SMILES string of the molecule is CC(C)NC(=O)NCC1(O)CCNC1. The molecule has 82 valence electrons. The largest absolute Gasteiger partial charge is 0.387 e. The lowest BCUT2D eigenvalue weighted by atomic mass is 10.0. The van der Waals surface area contributed by atoms with Crippen molar-refractivity contribution >= 4 is 6.03 Å². The van der Waals surface area contributed by atoms with Crippen LogP contribution in [0.5, 0.6) is 0 Å². The summed E-state index contributed by atoms with van der Waals surface area (Å²) in [7, 11) is 0. The Morgan fingerprint density at radius 2 is 2.36 bits per heavy atom. The minimum atomic E-state index is -0.770. The summed E-state index contributed by atoms with van der Waals surface area (Å²) >= 11 is 0. The maximum absolute atomic E-state index is 11.2. The molecule has 5 heteroatoms. The number of hydrogen-bond acceptors (Lipinski definition) is 3. The van der Waals surface area contributed by atoms with Gasteiger partial charge in [-0.25, -0.2) is 4.79 Å². The average molecular weight is 201 g/mol. The standard InChI is InChI=1S/C9H19N3O2/c1-7(2)12-8(13)11-6-9(14)3-4-10-5-9/h7,10,14H,3-6H2,1-2H3,(H2,11,12,13). The molecule has 5 nitrogen and oxygen atoms in total. The second kappa shape index (κ2) is 4.61. The van der Waals surface area contributed by atoms with Crippen LogP contribution in [0.3, 0.4) is 0 Å². The molecule has 1 aliphatic rings. The number of β-amino-alcohol motifs (C(OH)–C–C–N with tert-alkyl or cyclic N) is 1. The van der Waals surface area contributed by atoms with Crippen LogP contribution in [0, 0.1) is 0 Å². The lowest BCUT2D eigenvalue weighted by molar-refractivity contribution is 0.0634. The van der Waals surface area contributed by atoms with E-state index in [4.69, 9.17) is 0 Å². The Hall–Kier alpha value is -0.810. The molecular formula is C9H19N3O2. The van der Waals surface area contributed by atoms with Crippen molar-refractivity contribution in [3.8, 4) is 0 Å². The van der Waals surface area contributed by atoms with E-state index in [9.17, 15) is 9.90 Å². The van der Waals surface area contributed by atoms with E-state index in [1.54, 1.807) is 0 Å². The Bertz CT molecular complexity index is 200. The van der Waals surface area contributed by atoms with Gasteiger partial charge in [0.15, 0.2) is 0 Å². The third-order valence-corrected chi connectivity index (χ3v) is 2.22. The fourth-order valence-electron chi connectivity index (χ4n) is 1.44. The molecule has 14 heavy (non-hydrogen) atoms. The van der Waals surface area contributed by atoms with Crippen LogP contribution in [0.15, 0.2) is 0 Å². The van der Waals surface area contributed by atoms with E-state index >= 15 is 0 Å². The van der Waals surface area contributed by atoms with E-state index in [1.165, 1.54) is 0 Å². The number of nitrogens with one attached hydrogen (secondary N) is 3. The highest BCUT2D eigenvalue weighted by Crippen LogP contribution is 2.12. The zero-order chi connectivity index (χ0) is 10.6. The number of carbonyl (C=O) groups excluding carboxylic acids is 1. The molecule has 0 saturated carbocycles. The molecule has 1 aliphatic heterocycles. The van der Waals surface area contributed by atoms with Gasteiger partial charge in [0.2, 0.25) is 0 Å². The number of carbonyl (C=O) groups is 1. The summed E-state index contributed by atoms with van der Waals surface area (Å²) in [6, 6.07) is -0.105. The molecule has 0 aliphatic carbocycles. The fraction of sp³-hybridized carbons (Fsp3) is 0.889. The summed E-state index contributed by atoms with van der Waals surface area (Å²) in [6.07, 6.45) is 0.689. The number of urea groups is 1. The van der Waals surface area contributed by atoms with Crippen LogP contribution in [0.25, 0.3) is 0 Å². The van der Waals surface area contributed by atoms with Gasteiger partial charge in [-0.1, -0.05) is 0 Å². The van der Waals surface area contributed by atoms with Crippen molar-refractivity contribution in [3.05, 3.63) is 0 Å². The van der Waals surface area contributed by atoms with Crippen molar-refractivity contribution in [2.24, 2.45) is 0 Å². The van der Waals surface area contributed by atoms with Crippen LogP contribution in [-0.2, 0) is 0 Å². The van der Waals surface area contributed by atoms with Gasteiger partial charge in [0.1, 0.15) is 0 Å². The minimum Gasteiger partial charge on any atom is -0.387 e. The van der Waals surface area contributed by atoms with Crippen molar-refractivity contribution in [1.29, 1.82) is 0 Å². The Morgan fingerprint density at radius 1 is 1.64 bits per heavy atom. The molecule has 0 spiro atoms. The first-order valence-corrected chi connectivity index (χ1v) is 4.99. The minimum absolute atomic E-state index is 0.117. The highest BCUT2D eigenvalue weighted by atomic mass is 16.3. The van der Waals surface area contributed by atoms with E-state index in [0.29, 0.717) is 19.5 Å². The second-order valence-electron chi connectivity index (χ2n) is 4.13. The normalized spacial score (nSPS) is 26.6. The molecule has 1 fully saturated rings. The topological polar surface area (TPSA) is 73.4 Å². The van der Waals surface area contributed by atoms with Gasteiger partial charge in [0.05, 0.1) is 5.60 Å². The van der Waals surface area contributed by atoms with Crippen molar-refractivity contribution in [2.75, 3.05) is 19.6 Å². The van der Waals surface area contributed by atoms with Gasteiger partial charge in [0, 0.05) is 19.1 Å². The van der Waals surface area contributed by atoms with Crippen molar-refractivity contribution in [1.82, 2.24) is 16.0 Å². The maximum atomic E-state index is 11.2. The summed E-state index contributed by atoms with van der Waals surface area (Å²) < 4.78 is 0. The Kier molecular flexibility index (Phi) is 3.71. The third-order valence-electron chi connectivity index (χ3n) is 2.22. The Labute approximate surface area is 84.3 Å². The van der Waals surface area contributed by atoms with Gasteiger partial charge < -0.3 is 21.1 Å². The fourth-order valence-corrected chi connectivity index (χ4v) is 1.44. The first-order chi connectivity index (χ1) is 6.52. The lowest BCUT2D eigenvalue weighted by Gasteiger charge is -2.22. The smallest absolute Gasteiger partial charge is 0.315 e. The molecular weight excluding hydrogens is 182 g/mol. The predicted octanol–water partition coefficient (Wildman–Crippen LogP) is -0.582. The molecule has 0 aromatic rings. The van der Waals surface area contributed by atoms with Crippen LogP contribution < -0.4 is 16.0 Å². The molecule has 0 bridgehead atoms. The molecule has 1 atom stereocenters. The average Bonchev–Trinajstić information content (AvgIpc) is 2.49. The molecule has 0 aromatic heterocycles. The number of hydrogen-bond donors (Lipinski definition) is 4. The highest BCUT2D eigenvalue weighted by Gasteiger charge is 2.31. The summed E-state index contributed by atoms with van der Waals surface area (Å²) in [6.45, 7) is 5.45. The Balaban J connectivity index is 2.22. The van der Waals surface area contributed by atoms with Gasteiger partial charge in [-0.15, -0.1) is 0 Å². The van der Waals surface area contributed by atoms with Crippen molar-refractivity contribution in [2.45, 2.75) is 31.9 Å². The molecule has 1 saturated heterocycles. The molecule has 1 rings (SSSR count). The third kappa shape index (κ3) is 3.51. The first-order valence-electron chi connectivity index (χ1n) is 4.99. The van der Waals surface area contributed by atoms with Crippen LogP contribution >= 0.6 is 0 Å². The van der Waals surface area contributed by atoms with E-state index in [0.717, 1.165) is 6.54 Å². The summed E-state index contributed by atoms with van der Waals surface area (Å²) in [4.78, 5) is 11.2. The zero-order valence-corrected chi connectivity index (χ0v) is 8.76. The van der Waals surface area contributed by atoms with Crippen LogP contribution in [0.4, 0.5) is 4.79 Å². The quantitative estimate of drug-likeness (QED) is 0.493. The number of rotatable bonds is 3. The molecule has 0 radical (unpaired) electrons. The van der Waals surface area contributed by atoms with Crippen molar-refractivity contribution in [3.63, 3.8) is 0 Å². The van der Waals surface area contributed by atoms with Gasteiger partial charge in [-0.2, -0.15) is 0 Å². The molecule has 1 unspecified atom stereocenters. The predicted molar refractivity (Wildman–Crippen MR) is 54.1 cm³/mol. The molecule has 4 N–H and O–H groups in total. The highest BCUT2D eigenvalue weighted by molar-refractivity contribution is 5.74. The second-order valence-corrected chi connectivity index (χ2v) is 4.13. The van der Waals surface area contributed by atoms with Gasteiger partial charge >= 0.3 is 6.03 Å². The lowest BCUT2D eigenvalue weighted by Crippen LogP contribution is -2.48. The molecule has 0 aromatic carbocycles. The molecule has 1 heterocycles. The van der Waals surface area contributed by atoms with E-state index in [-0.39, 0.29) is 12.1 Å². The van der Waals surface area contributed by atoms with E-state index < -0.39 is 5.60 Å². The first kappa shape index (κ1) is 11.3. The van der Waals surface area contributed by atoms with E-state index in [2.05, 4.69) is 16.0 Å². The monoisotopic (exact) mass is 201 g/mol. The van der Waals surface area contributed by atoms with Crippen molar-refractivity contribution < 1.29 is 9.90 Å². The van der Waals surface area contributed by atoms with Gasteiger partial charge in [0.25, 0.3) is 0 Å². The van der Waals surface area contributed by atoms with E-state index in [1.807, 2.05) is 13.8 Å². The van der Waals surface area contributed by atoms with Crippen LogP contribution in [0.1, 0.15) is 20.3 Å². The molecule has 2 amide bonds. The van der Waals surface area contributed by atoms with Crippen LogP contribution in [-0.4, -0.2) is 42.4 Å². The maximum Gasteiger partial charge on any atom is 0.315 e. The summed E-state index contributed by atoms with van der Waals surface area (Å²) in [5.41, 5.74) is -0.770. The van der Waals surface area contributed by atoms with Gasteiger partial charge in [-0.3, -0.25) is 0 Å². The number of amides is 2. The van der Waals surface area contributed by atoms with Gasteiger partial charge in [-0.05, 0) is 26.8 Å². The number of aliphatic hydroxyl groups is 1. The summed E-state index contributed by atoms with van der Waals surface area (Å²) in [5, 5.41) is 18.3. The summed E-state index contributed by atoms with van der Waals surface area (Å²) in [5.74, 6) is 0. The zero-order valence-electron chi connectivity index (χ0n) is 8.76. The Morgan fingerprint density at radius 3 is 2.86 bits per heavy atom.